The zero-order chi connectivity index (χ0) is 13.2. The monoisotopic (exact) mass is 250 g/mol. The number of hydrogen-bond acceptors (Lipinski definition) is 3. The van der Waals surface area contributed by atoms with E-state index in [2.05, 4.69) is 9.97 Å². The number of aliphatic hydroxyl groups excluding tert-OH is 1. The summed E-state index contributed by atoms with van der Waals surface area (Å²) in [6.07, 6.45) is 4.46. The maximum absolute atomic E-state index is 10.6. The molecular weight excluding hydrogens is 236 g/mol. The smallest absolute Gasteiger partial charge is 0.123 e. The molecule has 1 aromatic carbocycles. The van der Waals surface area contributed by atoms with Crippen molar-refractivity contribution in [3.8, 4) is 0 Å². The first kappa shape index (κ1) is 11.8. The molecule has 2 aromatic heterocycles. The molecule has 0 amide bonds. The zero-order valence-corrected chi connectivity index (χ0v) is 10.6. The minimum atomic E-state index is -0.750. The molecule has 0 fully saturated rings. The summed E-state index contributed by atoms with van der Waals surface area (Å²) in [5.41, 5.74) is 2.45. The fraction of sp³-hybridized carbons (Fsp3) is 0.125. The molecule has 0 aliphatic heterocycles. The second-order valence-corrected chi connectivity index (χ2v) is 4.56. The Labute approximate surface area is 111 Å². The Morgan fingerprint density at radius 1 is 1.05 bits per heavy atom. The molecule has 0 aliphatic rings. The number of rotatable bonds is 2. The van der Waals surface area contributed by atoms with Crippen LogP contribution in [0.5, 0.6) is 0 Å². The predicted octanol–water partition coefficient (Wildman–Crippen LogP) is 3.02. The van der Waals surface area contributed by atoms with Gasteiger partial charge in [0.2, 0.25) is 0 Å². The van der Waals surface area contributed by atoms with Gasteiger partial charge in [-0.15, -0.1) is 0 Å². The van der Waals surface area contributed by atoms with Crippen LogP contribution in [-0.4, -0.2) is 15.1 Å². The van der Waals surface area contributed by atoms with Crippen molar-refractivity contribution in [3.63, 3.8) is 0 Å². The number of benzene rings is 1. The summed E-state index contributed by atoms with van der Waals surface area (Å²) in [6, 6.07) is 11.7. The number of aromatic nitrogens is 2. The second kappa shape index (κ2) is 4.78. The Morgan fingerprint density at radius 3 is 2.74 bits per heavy atom. The van der Waals surface area contributed by atoms with Crippen LogP contribution in [0.2, 0.25) is 0 Å². The molecule has 0 aliphatic carbocycles. The normalized spacial score (nSPS) is 12.5. The molecular formula is C16H14N2O. The molecule has 1 atom stereocenters. The Balaban J connectivity index is 2.17. The number of hydrogen-bond donors (Lipinski definition) is 1. The van der Waals surface area contributed by atoms with Crippen molar-refractivity contribution in [1.82, 2.24) is 9.97 Å². The van der Waals surface area contributed by atoms with Crippen molar-refractivity contribution >= 4 is 10.8 Å². The SMILES string of the molecule is Cc1cccnc1C(O)c1cncc2ccccc12. The fourth-order valence-electron chi connectivity index (χ4n) is 2.29. The quantitative estimate of drug-likeness (QED) is 0.760. The molecule has 0 radical (unpaired) electrons. The highest BCUT2D eigenvalue weighted by molar-refractivity contribution is 5.85. The van der Waals surface area contributed by atoms with Crippen molar-refractivity contribution in [2.24, 2.45) is 0 Å². The summed E-state index contributed by atoms with van der Waals surface area (Å²) in [4.78, 5) is 8.48. The highest BCUT2D eigenvalue weighted by atomic mass is 16.3. The van der Waals surface area contributed by atoms with E-state index < -0.39 is 6.10 Å². The van der Waals surface area contributed by atoms with Gasteiger partial charge in [-0.3, -0.25) is 9.97 Å². The van der Waals surface area contributed by atoms with Crippen molar-refractivity contribution in [2.45, 2.75) is 13.0 Å². The van der Waals surface area contributed by atoms with Gasteiger partial charge >= 0.3 is 0 Å². The topological polar surface area (TPSA) is 46.0 Å². The van der Waals surface area contributed by atoms with Crippen LogP contribution in [0, 0.1) is 6.92 Å². The molecule has 2 heterocycles. The summed E-state index contributed by atoms with van der Waals surface area (Å²) < 4.78 is 0. The van der Waals surface area contributed by atoms with Gasteiger partial charge in [-0.2, -0.15) is 0 Å². The molecule has 3 heteroatoms. The summed E-state index contributed by atoms with van der Waals surface area (Å²) in [6.45, 7) is 1.95. The van der Waals surface area contributed by atoms with E-state index in [1.165, 1.54) is 0 Å². The van der Waals surface area contributed by atoms with Crippen LogP contribution < -0.4 is 0 Å². The average molecular weight is 250 g/mol. The largest absolute Gasteiger partial charge is 0.382 e. The molecule has 1 unspecified atom stereocenters. The van der Waals surface area contributed by atoms with Gasteiger partial charge in [0.25, 0.3) is 0 Å². The molecule has 0 saturated carbocycles. The number of pyridine rings is 2. The third kappa shape index (κ3) is 2.09. The highest BCUT2D eigenvalue weighted by Crippen LogP contribution is 2.28. The molecule has 19 heavy (non-hydrogen) atoms. The molecule has 3 aromatic rings. The third-order valence-corrected chi connectivity index (χ3v) is 3.30. The standard InChI is InChI=1S/C16H14N2O/c1-11-5-4-8-18-15(11)16(19)14-10-17-9-12-6-2-3-7-13(12)14/h2-10,16,19H,1H3. The van der Waals surface area contributed by atoms with Crippen LogP contribution in [-0.2, 0) is 0 Å². The van der Waals surface area contributed by atoms with Crippen LogP contribution in [0.3, 0.4) is 0 Å². The maximum atomic E-state index is 10.6. The van der Waals surface area contributed by atoms with Crippen molar-refractivity contribution in [2.75, 3.05) is 0 Å². The molecule has 3 rings (SSSR count). The lowest BCUT2D eigenvalue weighted by atomic mass is 9.99. The Kier molecular flexibility index (Phi) is 2.97. The maximum Gasteiger partial charge on any atom is 0.123 e. The molecule has 0 spiro atoms. The first-order valence-corrected chi connectivity index (χ1v) is 6.19. The highest BCUT2D eigenvalue weighted by Gasteiger charge is 2.16. The van der Waals surface area contributed by atoms with E-state index in [9.17, 15) is 5.11 Å². The lowest BCUT2D eigenvalue weighted by molar-refractivity contribution is 0.215. The minimum absolute atomic E-state index is 0.681. The Bertz CT molecular complexity index is 719. The summed E-state index contributed by atoms with van der Waals surface area (Å²) >= 11 is 0. The van der Waals surface area contributed by atoms with Gasteiger partial charge in [-0.05, 0) is 23.9 Å². The Morgan fingerprint density at radius 2 is 1.89 bits per heavy atom. The minimum Gasteiger partial charge on any atom is -0.382 e. The van der Waals surface area contributed by atoms with Crippen LogP contribution in [0.25, 0.3) is 10.8 Å². The number of aryl methyl sites for hydroxylation is 1. The predicted molar refractivity (Wildman–Crippen MR) is 74.8 cm³/mol. The van der Waals surface area contributed by atoms with Crippen LogP contribution in [0.1, 0.15) is 22.9 Å². The molecule has 94 valence electrons. The first-order chi connectivity index (χ1) is 9.27. The lowest BCUT2D eigenvalue weighted by Crippen LogP contribution is -2.05. The zero-order valence-electron chi connectivity index (χ0n) is 10.6. The van der Waals surface area contributed by atoms with Gasteiger partial charge in [0.15, 0.2) is 0 Å². The van der Waals surface area contributed by atoms with Crippen LogP contribution >= 0.6 is 0 Å². The van der Waals surface area contributed by atoms with Gasteiger partial charge in [0.05, 0.1) is 5.69 Å². The van der Waals surface area contributed by atoms with E-state index in [4.69, 9.17) is 0 Å². The first-order valence-electron chi connectivity index (χ1n) is 6.19. The average Bonchev–Trinajstić information content (AvgIpc) is 2.46. The second-order valence-electron chi connectivity index (χ2n) is 4.56. The van der Waals surface area contributed by atoms with Gasteiger partial charge in [0, 0.05) is 29.5 Å². The molecule has 3 nitrogen and oxygen atoms in total. The van der Waals surface area contributed by atoms with E-state index in [1.54, 1.807) is 18.6 Å². The van der Waals surface area contributed by atoms with Crippen LogP contribution in [0.4, 0.5) is 0 Å². The van der Waals surface area contributed by atoms with Gasteiger partial charge in [-0.1, -0.05) is 30.3 Å². The number of aliphatic hydroxyl groups is 1. The van der Waals surface area contributed by atoms with Gasteiger partial charge < -0.3 is 5.11 Å². The summed E-state index contributed by atoms with van der Waals surface area (Å²) in [5.74, 6) is 0. The summed E-state index contributed by atoms with van der Waals surface area (Å²) in [7, 11) is 0. The van der Waals surface area contributed by atoms with Crippen molar-refractivity contribution in [1.29, 1.82) is 0 Å². The fourth-order valence-corrected chi connectivity index (χ4v) is 2.29. The molecule has 0 bridgehead atoms. The molecule has 1 N–H and O–H groups in total. The number of nitrogens with zero attached hydrogens (tertiary/aromatic N) is 2. The van der Waals surface area contributed by atoms with Crippen molar-refractivity contribution < 1.29 is 5.11 Å². The van der Waals surface area contributed by atoms with Crippen molar-refractivity contribution in [3.05, 3.63) is 71.8 Å². The van der Waals surface area contributed by atoms with E-state index in [-0.39, 0.29) is 0 Å². The van der Waals surface area contributed by atoms with Crippen LogP contribution in [0.15, 0.2) is 55.0 Å². The number of fused-ring (bicyclic) bond motifs is 1. The van der Waals surface area contributed by atoms with E-state index in [0.717, 1.165) is 21.9 Å². The summed E-state index contributed by atoms with van der Waals surface area (Å²) in [5, 5.41) is 12.6. The van der Waals surface area contributed by atoms with E-state index >= 15 is 0 Å². The lowest BCUT2D eigenvalue weighted by Gasteiger charge is -2.14. The Hall–Kier alpha value is -2.26. The van der Waals surface area contributed by atoms with E-state index in [1.807, 2.05) is 43.3 Å². The molecule has 0 saturated heterocycles. The third-order valence-electron chi connectivity index (χ3n) is 3.30. The van der Waals surface area contributed by atoms with Gasteiger partial charge in [0.1, 0.15) is 6.10 Å². The van der Waals surface area contributed by atoms with Gasteiger partial charge in [-0.25, -0.2) is 0 Å². The van der Waals surface area contributed by atoms with E-state index in [0.29, 0.717) is 5.69 Å².